The number of carbonyl (C=O) groups is 1. The molecule has 1 aliphatic heterocycles. The third-order valence-corrected chi connectivity index (χ3v) is 5.00. The summed E-state index contributed by atoms with van der Waals surface area (Å²) in [5.74, 6) is 1.09. The van der Waals surface area contributed by atoms with E-state index in [9.17, 15) is 4.79 Å². The Morgan fingerprint density at radius 3 is 2.50 bits per heavy atom. The lowest BCUT2D eigenvalue weighted by Gasteiger charge is -2.22. The molecule has 0 aliphatic carbocycles. The van der Waals surface area contributed by atoms with Gasteiger partial charge < -0.3 is 18.9 Å². The van der Waals surface area contributed by atoms with Gasteiger partial charge in [-0.2, -0.15) is 0 Å². The lowest BCUT2D eigenvalue weighted by Crippen LogP contribution is -2.28. The summed E-state index contributed by atoms with van der Waals surface area (Å²) in [6.45, 7) is 12.5. The van der Waals surface area contributed by atoms with E-state index in [4.69, 9.17) is 14.5 Å². The summed E-state index contributed by atoms with van der Waals surface area (Å²) in [7, 11) is 1.78. The summed E-state index contributed by atoms with van der Waals surface area (Å²) >= 11 is 0. The smallest absolute Gasteiger partial charge is 0.273 e. The van der Waals surface area contributed by atoms with Crippen LogP contribution >= 0.6 is 0 Å². The van der Waals surface area contributed by atoms with Crippen molar-refractivity contribution in [3.8, 4) is 11.4 Å². The van der Waals surface area contributed by atoms with Crippen LogP contribution in [0.25, 0.3) is 11.4 Å². The van der Waals surface area contributed by atoms with Crippen LogP contribution in [0, 0.1) is 5.92 Å². The number of imidazole rings is 1. The van der Waals surface area contributed by atoms with E-state index >= 15 is 0 Å². The standard InChI is InChI=1S/C22H33N5O3/c1-6-7-26(5)20(28)18-11-23-10-17(24-18)19-13-27(21(25-19)22(2,3)4)12-16-14-29-8-9-30-15-16/h10-11,13,16H,6-9,12,14-15H2,1-5H3. The number of carbonyl (C=O) groups excluding carboxylic acids is 1. The van der Waals surface area contributed by atoms with Gasteiger partial charge in [-0.15, -0.1) is 0 Å². The number of rotatable bonds is 6. The molecule has 0 unspecified atom stereocenters. The molecule has 3 rings (SSSR count). The molecule has 0 N–H and O–H groups in total. The number of amides is 1. The van der Waals surface area contributed by atoms with Gasteiger partial charge in [0.2, 0.25) is 0 Å². The highest BCUT2D eigenvalue weighted by Gasteiger charge is 2.25. The van der Waals surface area contributed by atoms with E-state index in [0.29, 0.717) is 44.4 Å². The fourth-order valence-electron chi connectivity index (χ4n) is 3.55. The van der Waals surface area contributed by atoms with Crippen LogP contribution in [0.5, 0.6) is 0 Å². The molecule has 0 radical (unpaired) electrons. The SMILES string of the molecule is CCCN(C)C(=O)c1cncc(-c2cn(CC3COCCOC3)c(C(C)(C)C)n2)n1. The first-order valence-corrected chi connectivity index (χ1v) is 10.6. The van der Waals surface area contributed by atoms with Crippen LogP contribution in [0.2, 0.25) is 0 Å². The predicted molar refractivity (Wildman–Crippen MR) is 114 cm³/mol. The van der Waals surface area contributed by atoms with Crippen molar-refractivity contribution in [2.24, 2.45) is 5.92 Å². The summed E-state index contributed by atoms with van der Waals surface area (Å²) < 4.78 is 13.5. The van der Waals surface area contributed by atoms with Gasteiger partial charge in [-0.3, -0.25) is 9.78 Å². The molecule has 1 amide bonds. The van der Waals surface area contributed by atoms with Gasteiger partial charge >= 0.3 is 0 Å². The van der Waals surface area contributed by atoms with Gasteiger partial charge in [0.25, 0.3) is 5.91 Å². The van der Waals surface area contributed by atoms with Crippen LogP contribution in [0.4, 0.5) is 0 Å². The Hall–Kier alpha value is -2.32. The Kier molecular flexibility index (Phi) is 7.20. The Bertz CT molecular complexity index is 851. The minimum absolute atomic E-state index is 0.130. The fraction of sp³-hybridized carbons (Fsp3) is 0.636. The lowest BCUT2D eigenvalue weighted by atomic mass is 9.95. The quantitative estimate of drug-likeness (QED) is 0.722. The highest BCUT2D eigenvalue weighted by atomic mass is 16.5. The molecule has 0 atom stereocenters. The van der Waals surface area contributed by atoms with Crippen molar-refractivity contribution in [2.75, 3.05) is 40.0 Å². The Balaban J connectivity index is 1.90. The molecule has 0 aromatic carbocycles. The maximum Gasteiger partial charge on any atom is 0.273 e. The van der Waals surface area contributed by atoms with Crippen molar-refractivity contribution in [2.45, 2.75) is 46.1 Å². The largest absolute Gasteiger partial charge is 0.379 e. The number of nitrogens with zero attached hydrogens (tertiary/aromatic N) is 5. The maximum atomic E-state index is 12.6. The van der Waals surface area contributed by atoms with Crippen LogP contribution in [0.3, 0.4) is 0 Å². The number of hydrogen-bond acceptors (Lipinski definition) is 6. The Labute approximate surface area is 178 Å². The minimum Gasteiger partial charge on any atom is -0.379 e. The van der Waals surface area contributed by atoms with Gasteiger partial charge in [0, 0.05) is 37.7 Å². The summed E-state index contributed by atoms with van der Waals surface area (Å²) in [6.07, 6.45) is 6.07. The molecule has 164 valence electrons. The molecule has 0 bridgehead atoms. The van der Waals surface area contributed by atoms with E-state index in [1.165, 1.54) is 6.20 Å². The van der Waals surface area contributed by atoms with Crippen molar-refractivity contribution in [1.29, 1.82) is 0 Å². The van der Waals surface area contributed by atoms with E-state index < -0.39 is 0 Å². The highest BCUT2D eigenvalue weighted by molar-refractivity contribution is 5.92. The van der Waals surface area contributed by atoms with Crippen LogP contribution < -0.4 is 0 Å². The molecule has 30 heavy (non-hydrogen) atoms. The average Bonchev–Trinajstić information content (AvgIpc) is 2.97. The number of hydrogen-bond donors (Lipinski definition) is 0. The molecule has 2 aromatic rings. The molecular formula is C22H33N5O3. The average molecular weight is 416 g/mol. The van der Waals surface area contributed by atoms with Crippen molar-refractivity contribution in [3.05, 3.63) is 30.1 Å². The van der Waals surface area contributed by atoms with Gasteiger partial charge in [0.1, 0.15) is 22.9 Å². The van der Waals surface area contributed by atoms with E-state index in [0.717, 1.165) is 24.5 Å². The highest BCUT2D eigenvalue weighted by Crippen LogP contribution is 2.26. The first-order chi connectivity index (χ1) is 14.3. The molecule has 1 aliphatic rings. The second-order valence-electron chi connectivity index (χ2n) is 8.88. The van der Waals surface area contributed by atoms with Crippen LogP contribution in [0.15, 0.2) is 18.6 Å². The zero-order chi connectivity index (χ0) is 21.7. The summed E-state index contributed by atoms with van der Waals surface area (Å²) in [4.78, 5) is 28.0. The molecule has 3 heterocycles. The molecule has 8 heteroatoms. The van der Waals surface area contributed by atoms with Gasteiger partial charge in [-0.25, -0.2) is 9.97 Å². The van der Waals surface area contributed by atoms with Crippen LogP contribution in [-0.4, -0.2) is 70.3 Å². The third kappa shape index (κ3) is 5.43. The Morgan fingerprint density at radius 1 is 1.17 bits per heavy atom. The topological polar surface area (TPSA) is 82.4 Å². The van der Waals surface area contributed by atoms with Gasteiger partial charge in [0.15, 0.2) is 0 Å². The number of ether oxygens (including phenoxy) is 2. The molecular weight excluding hydrogens is 382 g/mol. The minimum atomic E-state index is -0.146. The maximum absolute atomic E-state index is 12.6. The van der Waals surface area contributed by atoms with E-state index in [1.54, 1.807) is 18.1 Å². The van der Waals surface area contributed by atoms with E-state index in [-0.39, 0.29) is 17.2 Å². The first kappa shape index (κ1) is 22.4. The monoisotopic (exact) mass is 415 g/mol. The van der Waals surface area contributed by atoms with Gasteiger partial charge in [-0.1, -0.05) is 27.7 Å². The second-order valence-corrected chi connectivity index (χ2v) is 8.88. The summed E-state index contributed by atoms with van der Waals surface area (Å²) in [5, 5.41) is 0. The van der Waals surface area contributed by atoms with Crippen LogP contribution in [-0.2, 0) is 21.4 Å². The molecule has 1 fully saturated rings. The fourth-order valence-corrected chi connectivity index (χ4v) is 3.55. The van der Waals surface area contributed by atoms with Crippen LogP contribution in [0.1, 0.15) is 50.4 Å². The number of aromatic nitrogens is 4. The van der Waals surface area contributed by atoms with Crippen molar-refractivity contribution >= 4 is 5.91 Å². The zero-order valence-corrected chi connectivity index (χ0v) is 18.7. The van der Waals surface area contributed by atoms with Crippen molar-refractivity contribution in [1.82, 2.24) is 24.4 Å². The van der Waals surface area contributed by atoms with Crippen molar-refractivity contribution < 1.29 is 14.3 Å². The van der Waals surface area contributed by atoms with E-state index in [1.807, 2.05) is 13.1 Å². The van der Waals surface area contributed by atoms with Gasteiger partial charge in [0.05, 0.1) is 38.8 Å². The third-order valence-electron chi connectivity index (χ3n) is 5.00. The second kappa shape index (κ2) is 9.66. The molecule has 0 spiro atoms. The molecule has 8 nitrogen and oxygen atoms in total. The molecule has 0 saturated carbocycles. The van der Waals surface area contributed by atoms with Crippen molar-refractivity contribution in [3.63, 3.8) is 0 Å². The van der Waals surface area contributed by atoms with E-state index in [2.05, 4.69) is 35.3 Å². The normalized spacial score (nSPS) is 15.8. The molecule has 1 saturated heterocycles. The summed E-state index contributed by atoms with van der Waals surface area (Å²) in [5.41, 5.74) is 1.51. The predicted octanol–water partition coefficient (Wildman–Crippen LogP) is 2.78. The zero-order valence-electron chi connectivity index (χ0n) is 18.7. The lowest BCUT2D eigenvalue weighted by molar-refractivity contribution is 0.0789. The Morgan fingerprint density at radius 2 is 1.87 bits per heavy atom. The van der Waals surface area contributed by atoms with Gasteiger partial charge in [-0.05, 0) is 6.42 Å². The summed E-state index contributed by atoms with van der Waals surface area (Å²) in [6, 6.07) is 0. The molecule has 2 aromatic heterocycles. The first-order valence-electron chi connectivity index (χ1n) is 10.6.